The summed E-state index contributed by atoms with van der Waals surface area (Å²) in [4.78, 5) is 9.61. The molecule has 0 aromatic heterocycles. The summed E-state index contributed by atoms with van der Waals surface area (Å²) in [5, 5.41) is 8.33. The molecule has 0 saturated carbocycles. The van der Waals surface area contributed by atoms with Gasteiger partial charge in [0.05, 0.1) is 29.4 Å². The van der Waals surface area contributed by atoms with Gasteiger partial charge in [0.1, 0.15) is 5.76 Å². The number of nitrogens with zero attached hydrogens (tertiary/aromatic N) is 3. The van der Waals surface area contributed by atoms with E-state index < -0.39 is 0 Å². The Bertz CT molecular complexity index is 766. The Morgan fingerprint density at radius 1 is 1.00 bits per heavy atom. The van der Waals surface area contributed by atoms with Gasteiger partial charge in [-0.1, -0.05) is 0 Å². The highest BCUT2D eigenvalue weighted by molar-refractivity contribution is 6.22. The zero-order valence-electron chi connectivity index (χ0n) is 17.4. The third-order valence-corrected chi connectivity index (χ3v) is 5.30. The van der Waals surface area contributed by atoms with Gasteiger partial charge in [0.25, 0.3) is 0 Å². The second kappa shape index (κ2) is 9.58. The molecule has 0 atom stereocenters. The molecule has 5 heteroatoms. The Kier molecular flexibility index (Phi) is 6.90. The highest BCUT2D eigenvalue weighted by Gasteiger charge is 2.23. The van der Waals surface area contributed by atoms with Crippen molar-refractivity contribution in [3.05, 3.63) is 47.9 Å². The van der Waals surface area contributed by atoms with Crippen molar-refractivity contribution < 1.29 is 4.74 Å². The van der Waals surface area contributed by atoms with Gasteiger partial charge in [0, 0.05) is 37.9 Å². The van der Waals surface area contributed by atoms with Crippen LogP contribution >= 0.6 is 0 Å². The van der Waals surface area contributed by atoms with Crippen LogP contribution in [-0.4, -0.2) is 49.1 Å². The van der Waals surface area contributed by atoms with Gasteiger partial charge in [-0.3, -0.25) is 5.41 Å². The molecule has 28 heavy (non-hydrogen) atoms. The Hall–Kier alpha value is -2.56. The predicted molar refractivity (Wildman–Crippen MR) is 118 cm³/mol. The zero-order valence-corrected chi connectivity index (χ0v) is 17.4. The molecular weight excluding hydrogens is 348 g/mol. The number of hydrogen-bond donors (Lipinski definition) is 1. The number of ether oxygens (including phenoxy) is 1. The molecule has 1 N–H and O–H groups in total. The standard InChI is InChI=1S/C23H32N4O/c1-4-26(5-2)19-12-10-18(11-13-19)25-21-17-23(28-6-3)20(24)16-22(21)27-14-8-7-9-15-27/h10-13,16-17,24H,4-9,14-15H2,1-3H3. The van der Waals surface area contributed by atoms with Crippen molar-refractivity contribution in [1.82, 2.24) is 4.90 Å². The quantitative estimate of drug-likeness (QED) is 0.683. The SMILES string of the molecule is CCOC1=CC(=Nc2ccc(N(CC)CC)cc2)C(N2CCCCC2)=CC1=N. The van der Waals surface area contributed by atoms with E-state index in [1.807, 2.05) is 19.1 Å². The van der Waals surface area contributed by atoms with E-state index >= 15 is 0 Å². The first-order valence-corrected chi connectivity index (χ1v) is 10.5. The smallest absolute Gasteiger partial charge is 0.146 e. The molecule has 5 nitrogen and oxygen atoms in total. The molecule has 2 aliphatic rings. The summed E-state index contributed by atoms with van der Waals surface area (Å²) in [7, 11) is 0. The molecule has 1 fully saturated rings. The Balaban J connectivity index is 1.91. The van der Waals surface area contributed by atoms with Crippen molar-refractivity contribution in [2.24, 2.45) is 4.99 Å². The van der Waals surface area contributed by atoms with Crippen molar-refractivity contribution in [2.75, 3.05) is 37.7 Å². The Morgan fingerprint density at radius 3 is 2.29 bits per heavy atom. The van der Waals surface area contributed by atoms with Crippen LogP contribution < -0.4 is 4.90 Å². The molecular formula is C23H32N4O. The van der Waals surface area contributed by atoms with Gasteiger partial charge in [0.15, 0.2) is 0 Å². The maximum absolute atomic E-state index is 8.33. The lowest BCUT2D eigenvalue weighted by molar-refractivity contribution is 0.249. The summed E-state index contributed by atoms with van der Waals surface area (Å²) >= 11 is 0. The average molecular weight is 381 g/mol. The second-order valence-electron chi connectivity index (χ2n) is 7.12. The molecule has 0 spiro atoms. The van der Waals surface area contributed by atoms with Crippen molar-refractivity contribution >= 4 is 22.8 Å². The minimum Gasteiger partial charge on any atom is -0.492 e. The van der Waals surface area contributed by atoms with Crippen molar-refractivity contribution in [3.8, 4) is 0 Å². The van der Waals surface area contributed by atoms with Crippen LogP contribution in [-0.2, 0) is 4.74 Å². The fourth-order valence-electron chi connectivity index (χ4n) is 3.78. The lowest BCUT2D eigenvalue weighted by atomic mass is 10.0. The van der Waals surface area contributed by atoms with Gasteiger partial charge in [-0.25, -0.2) is 4.99 Å². The maximum atomic E-state index is 8.33. The summed E-state index contributed by atoms with van der Waals surface area (Å²) in [6, 6.07) is 8.41. The molecule has 0 unspecified atom stereocenters. The monoisotopic (exact) mass is 380 g/mol. The fraction of sp³-hybridized carbons (Fsp3) is 0.478. The van der Waals surface area contributed by atoms with E-state index in [0.29, 0.717) is 18.1 Å². The molecule has 0 radical (unpaired) electrons. The molecule has 150 valence electrons. The summed E-state index contributed by atoms with van der Waals surface area (Å²) in [6.45, 7) is 10.9. The van der Waals surface area contributed by atoms with E-state index in [4.69, 9.17) is 15.1 Å². The molecule has 1 aromatic carbocycles. The van der Waals surface area contributed by atoms with Crippen LogP contribution in [0, 0.1) is 5.41 Å². The lowest BCUT2D eigenvalue weighted by Crippen LogP contribution is -2.34. The van der Waals surface area contributed by atoms with Gasteiger partial charge in [-0.05, 0) is 70.4 Å². The first-order chi connectivity index (χ1) is 13.7. The average Bonchev–Trinajstić information content (AvgIpc) is 2.73. The summed E-state index contributed by atoms with van der Waals surface area (Å²) in [5.41, 5.74) is 4.50. The van der Waals surface area contributed by atoms with Crippen LogP contribution in [0.15, 0.2) is 52.9 Å². The van der Waals surface area contributed by atoms with Gasteiger partial charge >= 0.3 is 0 Å². The number of hydrogen-bond acceptors (Lipinski definition) is 5. The summed E-state index contributed by atoms with van der Waals surface area (Å²) in [6.07, 6.45) is 7.51. The van der Waals surface area contributed by atoms with Gasteiger partial charge in [-0.2, -0.15) is 0 Å². The van der Waals surface area contributed by atoms with Crippen molar-refractivity contribution in [3.63, 3.8) is 0 Å². The minimum atomic E-state index is 0.429. The van der Waals surface area contributed by atoms with Gasteiger partial charge < -0.3 is 14.5 Å². The number of piperidine rings is 1. The number of allylic oxidation sites excluding steroid dienone is 2. The fourth-order valence-corrected chi connectivity index (χ4v) is 3.78. The van der Waals surface area contributed by atoms with E-state index in [2.05, 4.69) is 47.9 Å². The van der Waals surface area contributed by atoms with Gasteiger partial charge in [0.2, 0.25) is 0 Å². The molecule has 1 aromatic rings. The number of benzene rings is 1. The van der Waals surface area contributed by atoms with Crippen LogP contribution in [0.4, 0.5) is 11.4 Å². The molecule has 3 rings (SSSR count). The van der Waals surface area contributed by atoms with Crippen LogP contribution in [0.2, 0.25) is 0 Å². The number of nitrogens with one attached hydrogen (secondary N) is 1. The number of rotatable bonds is 7. The van der Waals surface area contributed by atoms with E-state index in [9.17, 15) is 0 Å². The number of likely N-dealkylation sites (tertiary alicyclic amines) is 1. The van der Waals surface area contributed by atoms with Crippen LogP contribution in [0.3, 0.4) is 0 Å². The summed E-state index contributed by atoms with van der Waals surface area (Å²) < 4.78 is 5.66. The van der Waals surface area contributed by atoms with E-state index in [1.165, 1.54) is 24.9 Å². The van der Waals surface area contributed by atoms with Crippen LogP contribution in [0.25, 0.3) is 0 Å². The Morgan fingerprint density at radius 2 is 1.68 bits per heavy atom. The Labute approximate surface area is 168 Å². The second-order valence-corrected chi connectivity index (χ2v) is 7.12. The predicted octanol–water partition coefficient (Wildman–Crippen LogP) is 4.93. The normalized spacial score (nSPS) is 18.8. The largest absolute Gasteiger partial charge is 0.492 e. The third-order valence-electron chi connectivity index (χ3n) is 5.30. The molecule has 1 aliphatic heterocycles. The molecule has 1 aliphatic carbocycles. The zero-order chi connectivity index (χ0) is 19.9. The van der Waals surface area contributed by atoms with Crippen molar-refractivity contribution in [1.29, 1.82) is 5.41 Å². The summed E-state index contributed by atoms with van der Waals surface area (Å²) in [5.74, 6) is 0.599. The third kappa shape index (κ3) is 4.64. The number of anilines is 1. The lowest BCUT2D eigenvalue weighted by Gasteiger charge is -2.32. The molecule has 1 saturated heterocycles. The highest BCUT2D eigenvalue weighted by Crippen LogP contribution is 2.26. The molecule has 0 bridgehead atoms. The molecule has 1 heterocycles. The highest BCUT2D eigenvalue weighted by atomic mass is 16.5. The first-order valence-electron chi connectivity index (χ1n) is 10.5. The number of aliphatic imine (C=N–C) groups is 1. The van der Waals surface area contributed by atoms with Crippen molar-refractivity contribution in [2.45, 2.75) is 40.0 Å². The van der Waals surface area contributed by atoms with Gasteiger partial charge in [-0.15, -0.1) is 0 Å². The minimum absolute atomic E-state index is 0.429. The first kappa shape index (κ1) is 20.2. The van der Waals surface area contributed by atoms with E-state index in [0.717, 1.165) is 43.3 Å². The molecule has 0 amide bonds. The van der Waals surface area contributed by atoms with E-state index in [1.54, 1.807) is 0 Å². The topological polar surface area (TPSA) is 51.9 Å². The van der Waals surface area contributed by atoms with Crippen LogP contribution in [0.1, 0.15) is 40.0 Å². The van der Waals surface area contributed by atoms with E-state index in [-0.39, 0.29) is 0 Å². The maximum Gasteiger partial charge on any atom is 0.146 e. The van der Waals surface area contributed by atoms with Crippen LogP contribution in [0.5, 0.6) is 0 Å².